The van der Waals surface area contributed by atoms with Gasteiger partial charge in [-0.05, 0) is 7.05 Å². The molecule has 0 radical (unpaired) electrons. The zero-order valence-corrected chi connectivity index (χ0v) is 11.1. The van der Waals surface area contributed by atoms with Gasteiger partial charge in [0.15, 0.2) is 0 Å². The number of likely N-dealkylation sites (N-methyl/N-ethyl adjacent to an activating group) is 1. The minimum Gasteiger partial charge on any atom is -0.339 e. The van der Waals surface area contributed by atoms with Crippen molar-refractivity contribution in [3.05, 3.63) is 18.2 Å². The minimum absolute atomic E-state index is 0.202. The zero-order valence-electron chi connectivity index (χ0n) is 11.1. The third-order valence-electron chi connectivity index (χ3n) is 3.21. The fraction of sp³-hybridized carbons (Fsp3) is 0.667. The SMILES string of the molecule is CN(CC(=O)N1CCNCC1)Cc1nccn1C. The van der Waals surface area contributed by atoms with E-state index in [0.29, 0.717) is 13.1 Å². The van der Waals surface area contributed by atoms with Gasteiger partial charge in [0.1, 0.15) is 5.82 Å². The van der Waals surface area contributed by atoms with Gasteiger partial charge in [0.05, 0.1) is 13.1 Å². The van der Waals surface area contributed by atoms with Crippen molar-refractivity contribution < 1.29 is 4.79 Å². The number of imidazole rings is 1. The summed E-state index contributed by atoms with van der Waals surface area (Å²) in [6, 6.07) is 0. The highest BCUT2D eigenvalue weighted by Crippen LogP contribution is 2.01. The molecule has 18 heavy (non-hydrogen) atoms. The molecule has 1 amide bonds. The lowest BCUT2D eigenvalue weighted by molar-refractivity contribution is -0.132. The molecule has 0 bridgehead atoms. The minimum atomic E-state index is 0.202. The molecule has 0 atom stereocenters. The highest BCUT2D eigenvalue weighted by Gasteiger charge is 2.18. The van der Waals surface area contributed by atoms with Gasteiger partial charge in [-0.15, -0.1) is 0 Å². The van der Waals surface area contributed by atoms with E-state index in [9.17, 15) is 4.79 Å². The van der Waals surface area contributed by atoms with Crippen molar-refractivity contribution >= 4 is 5.91 Å². The molecule has 0 aliphatic carbocycles. The molecular formula is C12H21N5O. The summed E-state index contributed by atoms with van der Waals surface area (Å²) in [4.78, 5) is 20.2. The van der Waals surface area contributed by atoms with Gasteiger partial charge in [-0.2, -0.15) is 0 Å². The van der Waals surface area contributed by atoms with Crippen molar-refractivity contribution in [2.75, 3.05) is 39.8 Å². The van der Waals surface area contributed by atoms with E-state index in [-0.39, 0.29) is 5.91 Å². The van der Waals surface area contributed by atoms with Crippen molar-refractivity contribution in [2.45, 2.75) is 6.54 Å². The summed E-state index contributed by atoms with van der Waals surface area (Å²) in [5.41, 5.74) is 0. The number of aromatic nitrogens is 2. The van der Waals surface area contributed by atoms with E-state index in [1.807, 2.05) is 34.7 Å². The van der Waals surface area contributed by atoms with Gasteiger partial charge in [-0.25, -0.2) is 4.98 Å². The molecule has 0 unspecified atom stereocenters. The fourth-order valence-corrected chi connectivity index (χ4v) is 2.09. The average Bonchev–Trinajstić information content (AvgIpc) is 2.76. The predicted molar refractivity (Wildman–Crippen MR) is 69.0 cm³/mol. The summed E-state index contributed by atoms with van der Waals surface area (Å²) < 4.78 is 1.98. The smallest absolute Gasteiger partial charge is 0.236 e. The number of aryl methyl sites for hydroxylation is 1. The van der Waals surface area contributed by atoms with E-state index >= 15 is 0 Å². The molecule has 1 saturated heterocycles. The molecule has 6 heteroatoms. The molecule has 1 aromatic rings. The molecule has 0 saturated carbocycles. The van der Waals surface area contributed by atoms with Gasteiger partial charge in [-0.3, -0.25) is 9.69 Å². The topological polar surface area (TPSA) is 53.4 Å². The van der Waals surface area contributed by atoms with Crippen LogP contribution in [0.2, 0.25) is 0 Å². The molecule has 2 heterocycles. The van der Waals surface area contributed by atoms with Gasteiger partial charge in [0, 0.05) is 45.6 Å². The predicted octanol–water partition coefficient (Wildman–Crippen LogP) is -0.716. The van der Waals surface area contributed by atoms with Crippen LogP contribution in [-0.4, -0.2) is 65.0 Å². The van der Waals surface area contributed by atoms with E-state index in [2.05, 4.69) is 10.3 Å². The summed E-state index contributed by atoms with van der Waals surface area (Å²) in [6.07, 6.45) is 3.70. The molecule has 2 rings (SSSR count). The van der Waals surface area contributed by atoms with E-state index in [1.54, 1.807) is 6.20 Å². The van der Waals surface area contributed by atoms with Gasteiger partial charge < -0.3 is 14.8 Å². The van der Waals surface area contributed by atoms with E-state index in [0.717, 1.165) is 32.0 Å². The molecule has 6 nitrogen and oxygen atoms in total. The lowest BCUT2D eigenvalue weighted by Crippen LogP contribution is -2.49. The Bertz CT molecular complexity index is 397. The molecular weight excluding hydrogens is 230 g/mol. The largest absolute Gasteiger partial charge is 0.339 e. The number of rotatable bonds is 4. The Hall–Kier alpha value is -1.40. The van der Waals surface area contributed by atoms with Gasteiger partial charge in [0.2, 0.25) is 5.91 Å². The standard InChI is InChI=1S/C12H21N5O/c1-15(9-11-14-5-6-16(11)2)10-12(18)17-7-3-13-4-8-17/h5-6,13H,3-4,7-10H2,1-2H3. The summed E-state index contributed by atoms with van der Waals surface area (Å²) in [7, 11) is 3.92. The van der Waals surface area contributed by atoms with Crippen LogP contribution in [0.1, 0.15) is 5.82 Å². The van der Waals surface area contributed by atoms with E-state index < -0.39 is 0 Å². The molecule has 1 N–H and O–H groups in total. The Morgan fingerprint density at radius 3 is 2.83 bits per heavy atom. The number of nitrogens with zero attached hydrogens (tertiary/aromatic N) is 4. The molecule has 1 aliphatic heterocycles. The zero-order chi connectivity index (χ0) is 13.0. The number of nitrogens with one attached hydrogen (secondary N) is 1. The monoisotopic (exact) mass is 251 g/mol. The maximum atomic E-state index is 12.1. The van der Waals surface area contributed by atoms with Crippen LogP contribution in [0, 0.1) is 0 Å². The van der Waals surface area contributed by atoms with Crippen molar-refractivity contribution in [1.82, 2.24) is 24.7 Å². The maximum Gasteiger partial charge on any atom is 0.236 e. The van der Waals surface area contributed by atoms with Crippen LogP contribution >= 0.6 is 0 Å². The Kier molecular flexibility index (Phi) is 4.33. The Morgan fingerprint density at radius 2 is 2.22 bits per heavy atom. The highest BCUT2D eigenvalue weighted by atomic mass is 16.2. The number of carbonyl (C=O) groups is 1. The molecule has 1 fully saturated rings. The first kappa shape index (κ1) is 13.0. The maximum absolute atomic E-state index is 12.1. The average molecular weight is 251 g/mol. The van der Waals surface area contributed by atoms with Crippen LogP contribution in [0.5, 0.6) is 0 Å². The second kappa shape index (κ2) is 5.97. The van der Waals surface area contributed by atoms with Crippen LogP contribution in [0.25, 0.3) is 0 Å². The summed E-state index contributed by atoms with van der Waals surface area (Å²) in [5, 5.41) is 3.25. The fourth-order valence-electron chi connectivity index (χ4n) is 2.09. The van der Waals surface area contributed by atoms with Crippen LogP contribution in [0.4, 0.5) is 0 Å². The molecule has 0 spiro atoms. The first-order valence-corrected chi connectivity index (χ1v) is 6.30. The number of hydrogen-bond acceptors (Lipinski definition) is 4. The third kappa shape index (κ3) is 3.30. The van der Waals surface area contributed by atoms with Crippen LogP contribution < -0.4 is 5.32 Å². The number of piperazine rings is 1. The summed E-state index contributed by atoms with van der Waals surface area (Å²) in [5.74, 6) is 1.18. The third-order valence-corrected chi connectivity index (χ3v) is 3.21. The van der Waals surface area contributed by atoms with E-state index in [4.69, 9.17) is 0 Å². The molecule has 0 aromatic carbocycles. The lowest BCUT2D eigenvalue weighted by Gasteiger charge is -2.29. The number of carbonyl (C=O) groups excluding carboxylic acids is 1. The molecule has 100 valence electrons. The van der Waals surface area contributed by atoms with Crippen LogP contribution in [0.3, 0.4) is 0 Å². The Labute approximate surface area is 108 Å². The van der Waals surface area contributed by atoms with Crippen LogP contribution in [-0.2, 0) is 18.4 Å². The normalized spacial score (nSPS) is 16.3. The first-order chi connectivity index (χ1) is 8.66. The van der Waals surface area contributed by atoms with Gasteiger partial charge in [-0.1, -0.05) is 0 Å². The molecule has 1 aromatic heterocycles. The van der Waals surface area contributed by atoms with Crippen molar-refractivity contribution in [2.24, 2.45) is 7.05 Å². The highest BCUT2D eigenvalue weighted by molar-refractivity contribution is 5.78. The van der Waals surface area contributed by atoms with Crippen molar-refractivity contribution in [1.29, 1.82) is 0 Å². The number of amides is 1. The second-order valence-electron chi connectivity index (χ2n) is 4.76. The quantitative estimate of drug-likeness (QED) is 0.767. The van der Waals surface area contributed by atoms with Gasteiger partial charge in [0.25, 0.3) is 0 Å². The van der Waals surface area contributed by atoms with Crippen molar-refractivity contribution in [3.63, 3.8) is 0 Å². The Balaban J connectivity index is 1.81. The van der Waals surface area contributed by atoms with E-state index in [1.165, 1.54) is 0 Å². The van der Waals surface area contributed by atoms with Gasteiger partial charge >= 0.3 is 0 Å². The lowest BCUT2D eigenvalue weighted by atomic mass is 10.3. The first-order valence-electron chi connectivity index (χ1n) is 6.30. The summed E-state index contributed by atoms with van der Waals surface area (Å²) in [6.45, 7) is 4.57. The summed E-state index contributed by atoms with van der Waals surface area (Å²) >= 11 is 0. The van der Waals surface area contributed by atoms with Crippen LogP contribution in [0.15, 0.2) is 12.4 Å². The second-order valence-corrected chi connectivity index (χ2v) is 4.76. The Morgan fingerprint density at radius 1 is 1.50 bits per heavy atom. The molecule has 1 aliphatic rings. The van der Waals surface area contributed by atoms with Crippen molar-refractivity contribution in [3.8, 4) is 0 Å². The number of hydrogen-bond donors (Lipinski definition) is 1.